The van der Waals surface area contributed by atoms with Crippen molar-refractivity contribution >= 4 is 0 Å². The van der Waals surface area contributed by atoms with Crippen LogP contribution in [0, 0.1) is 11.8 Å². The summed E-state index contributed by atoms with van der Waals surface area (Å²) >= 11 is 0. The van der Waals surface area contributed by atoms with Gasteiger partial charge in [0.15, 0.2) is 0 Å². The lowest BCUT2D eigenvalue weighted by molar-refractivity contribution is 0.427. The third kappa shape index (κ3) is 1.30. The standard InChI is InChI=1S/C14H16/c1-2-6-12-10-14-8-4-3-7-13(14)9-11(12)5-1/h1-5,9,12,14H,6-8,10H2. The van der Waals surface area contributed by atoms with Crippen LogP contribution in [0.2, 0.25) is 0 Å². The number of allylic oxidation sites excluding steroid dienone is 8. The summed E-state index contributed by atoms with van der Waals surface area (Å²) in [4.78, 5) is 0. The first kappa shape index (κ1) is 8.28. The van der Waals surface area contributed by atoms with Crippen molar-refractivity contribution in [2.45, 2.75) is 25.7 Å². The summed E-state index contributed by atoms with van der Waals surface area (Å²) < 4.78 is 0. The van der Waals surface area contributed by atoms with Gasteiger partial charge in [-0.1, -0.05) is 42.0 Å². The van der Waals surface area contributed by atoms with Crippen molar-refractivity contribution in [3.05, 3.63) is 47.6 Å². The van der Waals surface area contributed by atoms with E-state index in [-0.39, 0.29) is 0 Å². The second-order valence-corrected chi connectivity index (χ2v) is 4.59. The van der Waals surface area contributed by atoms with Gasteiger partial charge in [0.25, 0.3) is 0 Å². The summed E-state index contributed by atoms with van der Waals surface area (Å²) in [5.74, 6) is 1.67. The molecule has 0 amide bonds. The van der Waals surface area contributed by atoms with Crippen LogP contribution in [0.5, 0.6) is 0 Å². The first-order valence-electron chi connectivity index (χ1n) is 5.65. The van der Waals surface area contributed by atoms with Gasteiger partial charge in [-0.15, -0.1) is 0 Å². The smallest absolute Gasteiger partial charge is 0.0121 e. The molecular weight excluding hydrogens is 168 g/mol. The molecule has 3 aliphatic carbocycles. The van der Waals surface area contributed by atoms with Crippen LogP contribution >= 0.6 is 0 Å². The third-order valence-corrected chi connectivity index (χ3v) is 3.70. The molecule has 14 heavy (non-hydrogen) atoms. The summed E-state index contributed by atoms with van der Waals surface area (Å²) in [7, 11) is 0. The zero-order valence-electron chi connectivity index (χ0n) is 8.45. The number of hydrogen-bond acceptors (Lipinski definition) is 0. The average molecular weight is 184 g/mol. The van der Waals surface area contributed by atoms with Crippen LogP contribution < -0.4 is 0 Å². The van der Waals surface area contributed by atoms with E-state index in [0.29, 0.717) is 0 Å². The normalized spacial score (nSPS) is 34.3. The molecule has 0 saturated heterocycles. The largest absolute Gasteiger partial charge is 0.0876 e. The molecule has 3 rings (SSSR count). The SMILES string of the molecule is C1=CCC2CC3CC=CCC3=CC2=C1. The highest BCUT2D eigenvalue weighted by Crippen LogP contribution is 2.41. The Morgan fingerprint density at radius 3 is 2.93 bits per heavy atom. The minimum absolute atomic E-state index is 0.820. The monoisotopic (exact) mass is 184 g/mol. The Kier molecular flexibility index (Phi) is 1.93. The predicted molar refractivity (Wildman–Crippen MR) is 59.9 cm³/mol. The van der Waals surface area contributed by atoms with Gasteiger partial charge < -0.3 is 0 Å². The Balaban J connectivity index is 1.96. The molecule has 0 heteroatoms. The maximum absolute atomic E-state index is 2.46. The van der Waals surface area contributed by atoms with Crippen molar-refractivity contribution in [3.63, 3.8) is 0 Å². The van der Waals surface area contributed by atoms with Crippen LogP contribution in [0.15, 0.2) is 47.6 Å². The van der Waals surface area contributed by atoms with E-state index in [1.54, 1.807) is 11.1 Å². The van der Waals surface area contributed by atoms with Crippen molar-refractivity contribution in [3.8, 4) is 0 Å². The topological polar surface area (TPSA) is 0 Å². The maximum Gasteiger partial charge on any atom is -0.0121 e. The Morgan fingerprint density at radius 1 is 1.00 bits per heavy atom. The van der Waals surface area contributed by atoms with Crippen molar-refractivity contribution in [2.24, 2.45) is 11.8 Å². The summed E-state index contributed by atoms with van der Waals surface area (Å²) in [6.07, 6.45) is 19.1. The Hall–Kier alpha value is -1.04. The van der Waals surface area contributed by atoms with Crippen LogP contribution in [0.1, 0.15) is 25.7 Å². The fraction of sp³-hybridized carbons (Fsp3) is 0.429. The Morgan fingerprint density at radius 2 is 1.93 bits per heavy atom. The van der Waals surface area contributed by atoms with Crippen molar-refractivity contribution in [1.82, 2.24) is 0 Å². The van der Waals surface area contributed by atoms with E-state index in [0.717, 1.165) is 11.8 Å². The fourth-order valence-electron chi connectivity index (χ4n) is 2.87. The molecule has 0 N–H and O–H groups in total. The van der Waals surface area contributed by atoms with Gasteiger partial charge in [-0.2, -0.15) is 0 Å². The van der Waals surface area contributed by atoms with Gasteiger partial charge in [0, 0.05) is 0 Å². The van der Waals surface area contributed by atoms with E-state index in [4.69, 9.17) is 0 Å². The molecule has 0 aliphatic heterocycles. The second kappa shape index (κ2) is 3.27. The Bertz CT molecular complexity index is 352. The molecule has 0 spiro atoms. The quantitative estimate of drug-likeness (QED) is 0.502. The first-order chi connectivity index (χ1) is 6.93. The molecule has 0 bridgehead atoms. The van der Waals surface area contributed by atoms with Crippen LogP contribution in [-0.2, 0) is 0 Å². The van der Waals surface area contributed by atoms with Crippen molar-refractivity contribution in [1.29, 1.82) is 0 Å². The molecule has 0 radical (unpaired) electrons. The summed E-state index contributed by atoms with van der Waals surface area (Å²) in [6, 6.07) is 0. The lowest BCUT2D eigenvalue weighted by Gasteiger charge is -2.33. The first-order valence-corrected chi connectivity index (χ1v) is 5.65. The molecule has 2 unspecified atom stereocenters. The lowest BCUT2D eigenvalue weighted by Crippen LogP contribution is -2.20. The van der Waals surface area contributed by atoms with Gasteiger partial charge in [0.05, 0.1) is 0 Å². The highest BCUT2D eigenvalue weighted by molar-refractivity contribution is 5.38. The number of fused-ring (bicyclic) bond motifs is 2. The molecular formula is C14H16. The minimum Gasteiger partial charge on any atom is -0.0876 e. The van der Waals surface area contributed by atoms with E-state index in [1.165, 1.54) is 25.7 Å². The minimum atomic E-state index is 0.820. The molecule has 0 heterocycles. The van der Waals surface area contributed by atoms with Gasteiger partial charge in [0.2, 0.25) is 0 Å². The van der Waals surface area contributed by atoms with Crippen molar-refractivity contribution in [2.75, 3.05) is 0 Å². The second-order valence-electron chi connectivity index (χ2n) is 4.59. The fourth-order valence-corrected chi connectivity index (χ4v) is 2.87. The van der Waals surface area contributed by atoms with Gasteiger partial charge in [-0.05, 0) is 43.1 Å². The third-order valence-electron chi connectivity index (χ3n) is 3.70. The van der Waals surface area contributed by atoms with Crippen LogP contribution in [0.4, 0.5) is 0 Å². The van der Waals surface area contributed by atoms with E-state index < -0.39 is 0 Å². The average Bonchev–Trinajstić information content (AvgIpc) is 2.26. The summed E-state index contributed by atoms with van der Waals surface area (Å²) in [5.41, 5.74) is 3.25. The number of rotatable bonds is 0. The molecule has 0 fully saturated rings. The molecule has 0 saturated carbocycles. The van der Waals surface area contributed by atoms with Gasteiger partial charge in [0.1, 0.15) is 0 Å². The number of hydrogen-bond donors (Lipinski definition) is 0. The summed E-state index contributed by atoms with van der Waals surface area (Å²) in [5, 5.41) is 0. The molecule has 0 aromatic carbocycles. The lowest BCUT2D eigenvalue weighted by atomic mass is 9.72. The van der Waals surface area contributed by atoms with E-state index >= 15 is 0 Å². The Labute approximate surface area is 85.7 Å². The van der Waals surface area contributed by atoms with E-state index in [9.17, 15) is 0 Å². The van der Waals surface area contributed by atoms with Crippen molar-refractivity contribution < 1.29 is 0 Å². The van der Waals surface area contributed by atoms with Crippen LogP contribution in [0.25, 0.3) is 0 Å². The zero-order valence-corrected chi connectivity index (χ0v) is 8.45. The van der Waals surface area contributed by atoms with E-state index in [1.807, 2.05) is 0 Å². The van der Waals surface area contributed by atoms with Gasteiger partial charge in [-0.3, -0.25) is 0 Å². The van der Waals surface area contributed by atoms with E-state index in [2.05, 4.69) is 36.5 Å². The molecule has 3 aliphatic rings. The highest BCUT2D eigenvalue weighted by Gasteiger charge is 2.27. The molecule has 0 nitrogen and oxygen atoms in total. The van der Waals surface area contributed by atoms with Gasteiger partial charge >= 0.3 is 0 Å². The molecule has 2 atom stereocenters. The van der Waals surface area contributed by atoms with Crippen LogP contribution in [-0.4, -0.2) is 0 Å². The molecule has 0 aromatic rings. The summed E-state index contributed by atoms with van der Waals surface area (Å²) in [6.45, 7) is 0. The highest BCUT2D eigenvalue weighted by atomic mass is 14.3. The molecule has 72 valence electrons. The molecule has 0 aromatic heterocycles. The van der Waals surface area contributed by atoms with Gasteiger partial charge in [-0.25, -0.2) is 0 Å². The maximum atomic E-state index is 2.46. The van der Waals surface area contributed by atoms with Crippen LogP contribution in [0.3, 0.4) is 0 Å². The zero-order chi connectivity index (χ0) is 9.38. The predicted octanol–water partition coefficient (Wildman–Crippen LogP) is 3.79.